The number of carbonyl (C=O) groups is 1. The summed E-state index contributed by atoms with van der Waals surface area (Å²) in [4.78, 5) is 24.1. The molecule has 0 atom stereocenters. The number of para-hydroxylation sites is 1. The zero-order valence-corrected chi connectivity index (χ0v) is 13.2. The lowest BCUT2D eigenvalue weighted by Gasteiger charge is -2.11. The Morgan fingerprint density at radius 1 is 1.00 bits per heavy atom. The van der Waals surface area contributed by atoms with Gasteiger partial charge in [0.1, 0.15) is 5.58 Å². The van der Waals surface area contributed by atoms with Crippen molar-refractivity contribution in [3.8, 4) is 11.5 Å². The standard InChI is InChI=1S/C18H15NO5/c1-22-15-8-7-11(9-16(15)23-2)18(21)19-13-10-17(20)24-14-6-4-3-5-12(13)14/h3-10H,1-2H3,(H,19,21). The Morgan fingerprint density at radius 2 is 1.75 bits per heavy atom. The maximum absolute atomic E-state index is 12.5. The fourth-order valence-electron chi connectivity index (χ4n) is 2.39. The molecule has 0 unspecified atom stereocenters. The monoisotopic (exact) mass is 325 g/mol. The molecule has 24 heavy (non-hydrogen) atoms. The van der Waals surface area contributed by atoms with Crippen LogP contribution in [0, 0.1) is 0 Å². The molecule has 1 amide bonds. The van der Waals surface area contributed by atoms with Crippen molar-refractivity contribution in [1.82, 2.24) is 0 Å². The van der Waals surface area contributed by atoms with Crippen molar-refractivity contribution >= 4 is 22.6 Å². The average molecular weight is 325 g/mol. The van der Waals surface area contributed by atoms with Crippen molar-refractivity contribution in [1.29, 1.82) is 0 Å². The minimum atomic E-state index is -0.531. The van der Waals surface area contributed by atoms with E-state index >= 15 is 0 Å². The number of fused-ring (bicyclic) bond motifs is 1. The van der Waals surface area contributed by atoms with E-state index in [2.05, 4.69) is 5.32 Å². The number of ether oxygens (including phenoxy) is 2. The van der Waals surface area contributed by atoms with Crippen LogP contribution in [0.5, 0.6) is 11.5 Å². The number of rotatable bonds is 4. The van der Waals surface area contributed by atoms with E-state index in [1.807, 2.05) is 0 Å². The van der Waals surface area contributed by atoms with Crippen molar-refractivity contribution in [2.24, 2.45) is 0 Å². The molecular formula is C18H15NO5. The summed E-state index contributed by atoms with van der Waals surface area (Å²) in [6, 6.07) is 13.1. The van der Waals surface area contributed by atoms with E-state index in [1.54, 1.807) is 42.5 Å². The summed E-state index contributed by atoms with van der Waals surface area (Å²) in [6.07, 6.45) is 0. The number of hydrogen-bond donors (Lipinski definition) is 1. The molecule has 2 aromatic carbocycles. The third kappa shape index (κ3) is 2.94. The third-order valence-corrected chi connectivity index (χ3v) is 3.54. The van der Waals surface area contributed by atoms with Crippen LogP contribution in [-0.4, -0.2) is 20.1 Å². The second-order valence-corrected chi connectivity index (χ2v) is 5.00. The smallest absolute Gasteiger partial charge is 0.338 e. The highest BCUT2D eigenvalue weighted by Crippen LogP contribution is 2.28. The fourth-order valence-corrected chi connectivity index (χ4v) is 2.39. The predicted molar refractivity (Wildman–Crippen MR) is 90.0 cm³/mol. The second kappa shape index (κ2) is 6.45. The van der Waals surface area contributed by atoms with Crippen LogP contribution < -0.4 is 20.4 Å². The van der Waals surface area contributed by atoms with E-state index in [9.17, 15) is 9.59 Å². The van der Waals surface area contributed by atoms with Crippen molar-refractivity contribution < 1.29 is 18.7 Å². The molecule has 122 valence electrons. The number of methoxy groups -OCH3 is 2. The molecule has 3 rings (SSSR count). The van der Waals surface area contributed by atoms with E-state index in [0.29, 0.717) is 33.7 Å². The van der Waals surface area contributed by atoms with Crippen LogP contribution in [-0.2, 0) is 0 Å². The van der Waals surface area contributed by atoms with Gasteiger partial charge in [-0.15, -0.1) is 0 Å². The molecule has 6 nitrogen and oxygen atoms in total. The zero-order chi connectivity index (χ0) is 17.1. The first kappa shape index (κ1) is 15.6. The third-order valence-electron chi connectivity index (χ3n) is 3.54. The van der Waals surface area contributed by atoms with Gasteiger partial charge in [0.2, 0.25) is 0 Å². The van der Waals surface area contributed by atoms with E-state index in [4.69, 9.17) is 13.9 Å². The van der Waals surface area contributed by atoms with Gasteiger partial charge in [-0.2, -0.15) is 0 Å². The topological polar surface area (TPSA) is 77.8 Å². The number of carbonyl (C=O) groups excluding carboxylic acids is 1. The SMILES string of the molecule is COc1ccc(C(=O)Nc2cc(=O)oc3ccccc23)cc1OC. The summed E-state index contributed by atoms with van der Waals surface area (Å²) in [7, 11) is 3.02. The van der Waals surface area contributed by atoms with Gasteiger partial charge in [0, 0.05) is 17.0 Å². The Kier molecular flexibility index (Phi) is 4.20. The summed E-state index contributed by atoms with van der Waals surface area (Å²) in [5.74, 6) is 0.606. The Morgan fingerprint density at radius 3 is 2.50 bits per heavy atom. The second-order valence-electron chi connectivity index (χ2n) is 5.00. The van der Waals surface area contributed by atoms with Gasteiger partial charge in [0.15, 0.2) is 11.5 Å². The minimum absolute atomic E-state index is 0.369. The fraction of sp³-hybridized carbons (Fsp3) is 0.111. The molecule has 1 aromatic heterocycles. The zero-order valence-electron chi connectivity index (χ0n) is 13.2. The molecule has 3 aromatic rings. The molecule has 0 aliphatic rings. The number of hydrogen-bond acceptors (Lipinski definition) is 5. The molecule has 1 heterocycles. The number of anilines is 1. The molecule has 0 saturated heterocycles. The van der Waals surface area contributed by atoms with Gasteiger partial charge >= 0.3 is 5.63 Å². The van der Waals surface area contributed by atoms with Crippen LogP contribution in [0.15, 0.2) is 57.7 Å². The maximum Gasteiger partial charge on any atom is 0.338 e. The maximum atomic E-state index is 12.5. The number of benzene rings is 2. The van der Waals surface area contributed by atoms with Gasteiger partial charge in [-0.25, -0.2) is 4.79 Å². The molecule has 0 fully saturated rings. The van der Waals surface area contributed by atoms with Gasteiger partial charge in [-0.1, -0.05) is 12.1 Å². The summed E-state index contributed by atoms with van der Waals surface area (Å²) < 4.78 is 15.5. The minimum Gasteiger partial charge on any atom is -0.493 e. The number of nitrogens with one attached hydrogen (secondary N) is 1. The largest absolute Gasteiger partial charge is 0.493 e. The van der Waals surface area contributed by atoms with Gasteiger partial charge in [-0.3, -0.25) is 4.79 Å². The summed E-state index contributed by atoms with van der Waals surface area (Å²) in [5, 5.41) is 3.38. The molecule has 1 N–H and O–H groups in total. The van der Waals surface area contributed by atoms with E-state index in [-0.39, 0.29) is 5.91 Å². The molecule has 6 heteroatoms. The number of amides is 1. The van der Waals surface area contributed by atoms with Crippen molar-refractivity contribution in [2.45, 2.75) is 0 Å². The van der Waals surface area contributed by atoms with Gasteiger partial charge in [0.05, 0.1) is 19.9 Å². The van der Waals surface area contributed by atoms with Crippen LogP contribution in [0.3, 0.4) is 0 Å². The Balaban J connectivity index is 1.97. The molecule has 0 aliphatic carbocycles. The summed E-state index contributed by atoms with van der Waals surface area (Å²) in [5.41, 5.74) is 0.649. The molecule has 0 radical (unpaired) electrons. The van der Waals surface area contributed by atoms with E-state index in [0.717, 1.165) is 0 Å². The normalized spacial score (nSPS) is 10.4. The first-order chi connectivity index (χ1) is 11.6. The average Bonchev–Trinajstić information content (AvgIpc) is 2.60. The first-order valence-electron chi connectivity index (χ1n) is 7.18. The Labute approximate surface area is 137 Å². The molecule has 0 spiro atoms. The van der Waals surface area contributed by atoms with Gasteiger partial charge in [0.25, 0.3) is 5.91 Å². The first-order valence-corrected chi connectivity index (χ1v) is 7.18. The lowest BCUT2D eigenvalue weighted by atomic mass is 10.1. The molecule has 0 aliphatic heterocycles. The van der Waals surface area contributed by atoms with Crippen molar-refractivity contribution in [3.63, 3.8) is 0 Å². The van der Waals surface area contributed by atoms with E-state index < -0.39 is 5.63 Å². The lowest BCUT2D eigenvalue weighted by Crippen LogP contribution is -2.14. The summed E-state index contributed by atoms with van der Waals surface area (Å²) in [6.45, 7) is 0. The molecule has 0 saturated carbocycles. The summed E-state index contributed by atoms with van der Waals surface area (Å²) >= 11 is 0. The molecule has 0 bridgehead atoms. The van der Waals surface area contributed by atoms with Crippen LogP contribution >= 0.6 is 0 Å². The highest BCUT2D eigenvalue weighted by Gasteiger charge is 2.13. The van der Waals surface area contributed by atoms with Gasteiger partial charge in [-0.05, 0) is 30.3 Å². The predicted octanol–water partition coefficient (Wildman–Crippen LogP) is 3.06. The van der Waals surface area contributed by atoms with E-state index in [1.165, 1.54) is 20.3 Å². The highest BCUT2D eigenvalue weighted by atomic mass is 16.5. The van der Waals surface area contributed by atoms with Crippen LogP contribution in [0.1, 0.15) is 10.4 Å². The van der Waals surface area contributed by atoms with Crippen LogP contribution in [0.2, 0.25) is 0 Å². The lowest BCUT2D eigenvalue weighted by molar-refractivity contribution is 0.102. The Hall–Kier alpha value is -3.28. The van der Waals surface area contributed by atoms with Crippen molar-refractivity contribution in [2.75, 3.05) is 19.5 Å². The molecular weight excluding hydrogens is 310 g/mol. The van der Waals surface area contributed by atoms with Gasteiger partial charge < -0.3 is 19.2 Å². The highest BCUT2D eigenvalue weighted by molar-refractivity contribution is 6.08. The van der Waals surface area contributed by atoms with Crippen LogP contribution in [0.4, 0.5) is 5.69 Å². The Bertz CT molecular complexity index is 961. The quantitative estimate of drug-likeness (QED) is 0.746. The van der Waals surface area contributed by atoms with Crippen molar-refractivity contribution in [3.05, 3.63) is 64.5 Å². The van der Waals surface area contributed by atoms with Crippen LogP contribution in [0.25, 0.3) is 11.0 Å².